The van der Waals surface area contributed by atoms with Gasteiger partial charge in [-0.05, 0) is 61.9 Å². The Bertz CT molecular complexity index is 1440. The summed E-state index contributed by atoms with van der Waals surface area (Å²) < 4.78 is 25.8. The molecule has 3 N–H and O–H groups in total. The van der Waals surface area contributed by atoms with Gasteiger partial charge in [0.05, 0.1) is 11.9 Å². The molecule has 11 heteroatoms. The third-order valence-corrected chi connectivity index (χ3v) is 8.47. The summed E-state index contributed by atoms with van der Waals surface area (Å²) >= 11 is 6.26. The normalized spacial score (nSPS) is 21.4. The highest BCUT2D eigenvalue weighted by molar-refractivity contribution is 7.92. The van der Waals surface area contributed by atoms with E-state index in [9.17, 15) is 13.2 Å². The van der Waals surface area contributed by atoms with E-state index < -0.39 is 10.0 Å². The van der Waals surface area contributed by atoms with Crippen LogP contribution < -0.4 is 10.5 Å². The van der Waals surface area contributed by atoms with Crippen molar-refractivity contribution in [3.05, 3.63) is 76.7 Å². The Balaban J connectivity index is 0.00000336. The number of hydrogen-bond donors (Lipinski definition) is 2. The van der Waals surface area contributed by atoms with Gasteiger partial charge in [-0.1, -0.05) is 35.9 Å². The largest absolute Gasteiger partial charge is 0.334 e. The number of carbonyl (C=O) groups excluding carboxylic acids is 1. The van der Waals surface area contributed by atoms with Gasteiger partial charge < -0.3 is 10.6 Å². The van der Waals surface area contributed by atoms with E-state index in [1.807, 2.05) is 29.2 Å². The Morgan fingerprint density at radius 2 is 1.82 bits per heavy atom. The van der Waals surface area contributed by atoms with Gasteiger partial charge in [-0.15, -0.1) is 12.4 Å². The van der Waals surface area contributed by atoms with Gasteiger partial charge in [0, 0.05) is 46.4 Å². The van der Waals surface area contributed by atoms with Gasteiger partial charge in [-0.3, -0.25) is 9.52 Å². The van der Waals surface area contributed by atoms with Crippen LogP contribution in [0.4, 0.5) is 5.69 Å². The molecule has 8 nitrogen and oxygen atoms in total. The zero-order valence-electron chi connectivity index (χ0n) is 21.1. The van der Waals surface area contributed by atoms with E-state index in [4.69, 9.17) is 17.3 Å². The lowest BCUT2D eigenvalue weighted by molar-refractivity contribution is 0.0568. The van der Waals surface area contributed by atoms with Crippen LogP contribution in [-0.2, 0) is 21.9 Å². The van der Waals surface area contributed by atoms with Gasteiger partial charge >= 0.3 is 0 Å². The van der Waals surface area contributed by atoms with E-state index in [-0.39, 0.29) is 29.8 Å². The predicted octanol–water partition coefficient (Wildman–Crippen LogP) is 4.43. The number of nitrogens with one attached hydrogen (secondary N) is 1. The summed E-state index contributed by atoms with van der Waals surface area (Å²) in [4.78, 5) is 24.4. The number of halogens is 2. The van der Waals surface area contributed by atoms with Crippen molar-refractivity contribution >= 4 is 45.6 Å². The van der Waals surface area contributed by atoms with Crippen LogP contribution in [0.25, 0.3) is 11.3 Å². The molecule has 0 bridgehead atoms. The number of benzene rings is 2. The quantitative estimate of drug-likeness (QED) is 0.449. The summed E-state index contributed by atoms with van der Waals surface area (Å²) in [7, 11) is -3.41. The molecule has 1 aromatic heterocycles. The van der Waals surface area contributed by atoms with Crippen molar-refractivity contribution in [2.45, 2.75) is 43.6 Å². The van der Waals surface area contributed by atoms with Gasteiger partial charge in [0.15, 0.2) is 0 Å². The molecule has 0 spiro atoms. The smallest absolute Gasteiger partial charge is 0.273 e. The second-order valence-electron chi connectivity index (χ2n) is 9.98. The maximum absolute atomic E-state index is 13.6. The zero-order chi connectivity index (χ0) is 26.2. The summed E-state index contributed by atoms with van der Waals surface area (Å²) in [5.74, 6) is -0.0803. The molecule has 1 amide bonds. The third-order valence-electron chi connectivity index (χ3n) is 7.63. The van der Waals surface area contributed by atoms with E-state index in [0.29, 0.717) is 41.6 Å². The summed E-state index contributed by atoms with van der Waals surface area (Å²) in [6.07, 6.45) is 6.65. The summed E-state index contributed by atoms with van der Waals surface area (Å²) in [5.41, 5.74) is 10.4. The number of sulfonamides is 1. The first-order valence-corrected chi connectivity index (χ1v) is 14.7. The summed E-state index contributed by atoms with van der Waals surface area (Å²) in [6.45, 7) is 1.13. The van der Waals surface area contributed by atoms with Gasteiger partial charge in [-0.25, -0.2) is 18.4 Å². The number of anilines is 1. The molecule has 1 aliphatic heterocycles. The monoisotopic (exact) mass is 575 g/mol. The molecule has 2 aliphatic rings. The molecule has 5 rings (SSSR count). The van der Waals surface area contributed by atoms with Crippen LogP contribution in [-0.4, -0.2) is 54.6 Å². The topological polar surface area (TPSA) is 118 Å². The number of aromatic nitrogens is 2. The second kappa shape index (κ2) is 11.2. The lowest BCUT2D eigenvalue weighted by Gasteiger charge is -2.44. The van der Waals surface area contributed by atoms with Gasteiger partial charge in [-0.2, -0.15) is 0 Å². The number of nitrogens with two attached hydrogens (primary N) is 1. The van der Waals surface area contributed by atoms with Crippen LogP contribution in [0.15, 0.2) is 54.9 Å². The highest BCUT2D eigenvalue weighted by atomic mass is 35.5. The molecule has 1 aliphatic carbocycles. The first-order chi connectivity index (χ1) is 17.7. The number of fused-ring (bicyclic) bond motifs is 1. The number of carbonyl (C=O) groups is 1. The Kier molecular flexibility index (Phi) is 8.32. The molecule has 202 valence electrons. The Hall–Kier alpha value is -2.72. The van der Waals surface area contributed by atoms with Crippen LogP contribution in [0.5, 0.6) is 0 Å². The van der Waals surface area contributed by atoms with Gasteiger partial charge in [0.2, 0.25) is 10.0 Å². The highest BCUT2D eigenvalue weighted by Gasteiger charge is 2.40. The van der Waals surface area contributed by atoms with Crippen molar-refractivity contribution in [1.82, 2.24) is 14.9 Å². The lowest BCUT2D eigenvalue weighted by Crippen LogP contribution is -2.50. The minimum absolute atomic E-state index is 0. The van der Waals surface area contributed by atoms with Crippen molar-refractivity contribution in [1.29, 1.82) is 0 Å². The molecular formula is C27H31Cl2N5O3S. The Labute approximate surface area is 234 Å². The molecule has 0 saturated heterocycles. The van der Waals surface area contributed by atoms with Crippen LogP contribution in [0.2, 0.25) is 5.02 Å². The van der Waals surface area contributed by atoms with E-state index in [0.717, 1.165) is 43.1 Å². The maximum atomic E-state index is 13.6. The molecule has 1 saturated carbocycles. The van der Waals surface area contributed by atoms with Crippen molar-refractivity contribution in [2.24, 2.45) is 5.73 Å². The average Bonchev–Trinajstić information content (AvgIpc) is 2.88. The molecular weight excluding hydrogens is 545 g/mol. The molecule has 0 unspecified atom stereocenters. The van der Waals surface area contributed by atoms with E-state index >= 15 is 0 Å². The molecule has 2 heterocycles. The van der Waals surface area contributed by atoms with Crippen molar-refractivity contribution < 1.29 is 13.2 Å². The molecule has 0 radical (unpaired) electrons. The van der Waals surface area contributed by atoms with Crippen molar-refractivity contribution in [2.75, 3.05) is 24.1 Å². The fourth-order valence-corrected chi connectivity index (χ4v) is 6.49. The fourth-order valence-electron chi connectivity index (χ4n) is 5.74. The minimum atomic E-state index is -3.41. The molecule has 2 aromatic carbocycles. The maximum Gasteiger partial charge on any atom is 0.273 e. The second-order valence-corrected chi connectivity index (χ2v) is 12.2. The Morgan fingerprint density at radius 3 is 2.50 bits per heavy atom. The Morgan fingerprint density at radius 1 is 1.11 bits per heavy atom. The van der Waals surface area contributed by atoms with E-state index in [1.54, 1.807) is 18.2 Å². The SMILES string of the molecule is CS(=O)(=O)Nc1cccc(-c2ncnc3c2CCN([C@H]2CC[C@](CN)(c4cccc(Cl)c4)CC2)C3=O)c1.Cl. The number of amides is 1. The van der Waals surface area contributed by atoms with Crippen molar-refractivity contribution in [3.8, 4) is 11.3 Å². The summed E-state index contributed by atoms with van der Waals surface area (Å²) in [5, 5.41) is 0.711. The first kappa shape index (κ1) is 28.3. The summed E-state index contributed by atoms with van der Waals surface area (Å²) in [6, 6.07) is 15.1. The number of nitrogens with zero attached hydrogens (tertiary/aromatic N) is 3. The predicted molar refractivity (Wildman–Crippen MR) is 152 cm³/mol. The lowest BCUT2D eigenvalue weighted by atomic mass is 9.68. The average molecular weight is 577 g/mol. The van der Waals surface area contributed by atoms with Crippen LogP contribution in [0, 0.1) is 0 Å². The number of hydrogen-bond acceptors (Lipinski definition) is 6. The first-order valence-electron chi connectivity index (χ1n) is 12.4. The molecule has 3 aromatic rings. The standard InChI is InChI=1S/C27H30ClN5O3S.ClH/c1-37(35,36)32-21-7-2-4-18(14-21)24-23-10-13-33(26(34)25(23)31-17-30-24)22-8-11-27(16-29,12-9-22)19-5-3-6-20(28)15-19;/h2-7,14-15,17,22,32H,8-13,16,29H2,1H3;1H/t22-,27-;. The van der Waals surface area contributed by atoms with E-state index in [1.165, 1.54) is 11.9 Å². The van der Waals surface area contributed by atoms with Crippen LogP contribution >= 0.6 is 24.0 Å². The molecule has 0 atom stereocenters. The van der Waals surface area contributed by atoms with Crippen molar-refractivity contribution in [3.63, 3.8) is 0 Å². The molecule has 38 heavy (non-hydrogen) atoms. The van der Waals surface area contributed by atoms with Gasteiger partial charge in [0.25, 0.3) is 5.91 Å². The number of rotatable bonds is 6. The van der Waals surface area contributed by atoms with Crippen LogP contribution in [0.1, 0.15) is 47.3 Å². The zero-order valence-corrected chi connectivity index (χ0v) is 23.5. The highest BCUT2D eigenvalue weighted by Crippen LogP contribution is 2.42. The minimum Gasteiger partial charge on any atom is -0.334 e. The molecule has 1 fully saturated rings. The van der Waals surface area contributed by atoms with Crippen LogP contribution in [0.3, 0.4) is 0 Å². The van der Waals surface area contributed by atoms with Gasteiger partial charge in [0.1, 0.15) is 12.0 Å². The fraction of sp³-hybridized carbons (Fsp3) is 0.370. The van der Waals surface area contributed by atoms with E-state index in [2.05, 4.69) is 20.8 Å². The third kappa shape index (κ3) is 5.66.